The number of hydrogen-bond donors (Lipinski definition) is 0. The van der Waals surface area contributed by atoms with Gasteiger partial charge < -0.3 is 9.64 Å². The lowest BCUT2D eigenvalue weighted by molar-refractivity contribution is -0.145. The lowest BCUT2D eigenvalue weighted by atomic mass is 10.0. The zero-order valence-electron chi connectivity index (χ0n) is 12.2. The molecule has 2 aliphatic rings. The van der Waals surface area contributed by atoms with Gasteiger partial charge in [0, 0.05) is 35.5 Å². The van der Waals surface area contributed by atoms with E-state index < -0.39 is 0 Å². The molecule has 112 valence electrons. The molecule has 1 aromatic rings. The van der Waals surface area contributed by atoms with E-state index >= 15 is 0 Å². The van der Waals surface area contributed by atoms with Crippen molar-refractivity contribution in [3.05, 3.63) is 41.4 Å². The molecule has 2 saturated heterocycles. The first-order valence-corrected chi connectivity index (χ1v) is 7.80. The standard InChI is InChI=1S/C17H20ClNO2/c1-11(15-5-3-4-6-16(15)18)17(20)21-14-9-12-7-8-13(10-14)19(12)2/h3-6,12-14H,1,7-10H2,2H3. The summed E-state index contributed by atoms with van der Waals surface area (Å²) in [7, 11) is 2.17. The maximum atomic E-state index is 12.3. The van der Waals surface area contributed by atoms with Crippen molar-refractivity contribution in [3.8, 4) is 0 Å². The fourth-order valence-corrected chi connectivity index (χ4v) is 3.75. The number of fused-ring (bicyclic) bond motifs is 2. The summed E-state index contributed by atoms with van der Waals surface area (Å²) >= 11 is 6.11. The number of ether oxygens (including phenoxy) is 1. The van der Waals surface area contributed by atoms with Crippen LogP contribution in [0.25, 0.3) is 5.57 Å². The number of hydrogen-bond acceptors (Lipinski definition) is 3. The molecule has 2 unspecified atom stereocenters. The number of carbonyl (C=O) groups is 1. The second-order valence-corrected chi connectivity index (χ2v) is 6.41. The van der Waals surface area contributed by atoms with Crippen molar-refractivity contribution in [2.24, 2.45) is 0 Å². The Bertz CT molecular complexity index is 558. The lowest BCUT2D eigenvalue weighted by Crippen LogP contribution is -2.43. The van der Waals surface area contributed by atoms with E-state index in [-0.39, 0.29) is 12.1 Å². The first-order valence-electron chi connectivity index (χ1n) is 7.43. The Morgan fingerprint density at radius 2 is 1.90 bits per heavy atom. The van der Waals surface area contributed by atoms with Crippen LogP contribution in [0.3, 0.4) is 0 Å². The summed E-state index contributed by atoms with van der Waals surface area (Å²) in [6.45, 7) is 3.85. The van der Waals surface area contributed by atoms with Crippen LogP contribution in [0.1, 0.15) is 31.2 Å². The smallest absolute Gasteiger partial charge is 0.338 e. The van der Waals surface area contributed by atoms with Gasteiger partial charge in [0.05, 0.1) is 5.57 Å². The second kappa shape index (κ2) is 5.82. The number of halogens is 1. The van der Waals surface area contributed by atoms with Crippen molar-refractivity contribution in [1.82, 2.24) is 4.90 Å². The van der Waals surface area contributed by atoms with Crippen molar-refractivity contribution in [2.45, 2.75) is 43.9 Å². The minimum Gasteiger partial charge on any atom is -0.459 e. The quantitative estimate of drug-likeness (QED) is 0.632. The summed E-state index contributed by atoms with van der Waals surface area (Å²) in [4.78, 5) is 14.7. The number of carbonyl (C=O) groups excluding carboxylic acids is 1. The van der Waals surface area contributed by atoms with E-state index in [2.05, 4.69) is 18.5 Å². The van der Waals surface area contributed by atoms with Gasteiger partial charge in [-0.1, -0.05) is 36.4 Å². The molecule has 2 heterocycles. The summed E-state index contributed by atoms with van der Waals surface area (Å²) in [5, 5.41) is 0.530. The zero-order valence-corrected chi connectivity index (χ0v) is 13.0. The Hall–Kier alpha value is -1.32. The largest absolute Gasteiger partial charge is 0.459 e. The maximum Gasteiger partial charge on any atom is 0.338 e. The average molecular weight is 306 g/mol. The molecule has 2 fully saturated rings. The van der Waals surface area contributed by atoms with Gasteiger partial charge in [-0.3, -0.25) is 0 Å². The van der Waals surface area contributed by atoms with Crippen LogP contribution in [0.5, 0.6) is 0 Å². The third-order valence-corrected chi connectivity index (χ3v) is 5.10. The molecule has 2 aliphatic heterocycles. The molecule has 3 nitrogen and oxygen atoms in total. The number of benzene rings is 1. The van der Waals surface area contributed by atoms with Gasteiger partial charge in [0.1, 0.15) is 6.10 Å². The second-order valence-electron chi connectivity index (χ2n) is 6.01. The van der Waals surface area contributed by atoms with Gasteiger partial charge in [0.15, 0.2) is 0 Å². The van der Waals surface area contributed by atoms with Gasteiger partial charge >= 0.3 is 5.97 Å². The molecule has 0 amide bonds. The third-order valence-electron chi connectivity index (χ3n) is 4.77. The molecular weight excluding hydrogens is 286 g/mol. The molecular formula is C17H20ClNO2. The van der Waals surface area contributed by atoms with Crippen LogP contribution in [0.15, 0.2) is 30.8 Å². The summed E-state index contributed by atoms with van der Waals surface area (Å²) in [6, 6.07) is 8.33. The SMILES string of the molecule is C=C(C(=O)OC1CC2CCC(C1)N2C)c1ccccc1Cl. The van der Waals surface area contributed by atoms with Crippen molar-refractivity contribution in [1.29, 1.82) is 0 Å². The molecule has 2 atom stereocenters. The van der Waals surface area contributed by atoms with Gasteiger partial charge in [-0.15, -0.1) is 0 Å². The molecule has 0 spiro atoms. The zero-order chi connectivity index (χ0) is 15.0. The molecule has 4 heteroatoms. The van der Waals surface area contributed by atoms with Gasteiger partial charge in [-0.25, -0.2) is 4.79 Å². The monoisotopic (exact) mass is 305 g/mol. The first kappa shape index (κ1) is 14.6. The molecule has 2 bridgehead atoms. The Labute approximate surface area is 130 Å². The average Bonchev–Trinajstić information content (AvgIpc) is 2.69. The minimum absolute atomic E-state index is 0.00503. The Morgan fingerprint density at radius 1 is 1.29 bits per heavy atom. The van der Waals surface area contributed by atoms with Crippen molar-refractivity contribution in [2.75, 3.05) is 7.05 Å². The van der Waals surface area contributed by atoms with Crippen LogP contribution in [-0.2, 0) is 9.53 Å². The molecule has 3 rings (SSSR count). The number of piperidine rings is 1. The molecule has 0 aliphatic carbocycles. The highest BCUT2D eigenvalue weighted by Crippen LogP contribution is 2.36. The van der Waals surface area contributed by atoms with Crippen molar-refractivity contribution >= 4 is 23.1 Å². The number of nitrogens with zero attached hydrogens (tertiary/aromatic N) is 1. The van der Waals surface area contributed by atoms with Crippen LogP contribution in [0.2, 0.25) is 5.02 Å². The lowest BCUT2D eigenvalue weighted by Gasteiger charge is -2.35. The first-order chi connectivity index (χ1) is 10.1. The Morgan fingerprint density at radius 3 is 2.52 bits per heavy atom. The van der Waals surface area contributed by atoms with Gasteiger partial charge in [-0.05, 0) is 26.0 Å². The van der Waals surface area contributed by atoms with E-state index in [4.69, 9.17) is 16.3 Å². The molecule has 0 N–H and O–H groups in total. The van der Waals surface area contributed by atoms with Crippen molar-refractivity contribution in [3.63, 3.8) is 0 Å². The van der Waals surface area contributed by atoms with Gasteiger partial charge in [0.25, 0.3) is 0 Å². The highest BCUT2D eigenvalue weighted by Gasteiger charge is 2.40. The van der Waals surface area contributed by atoms with E-state index in [1.165, 1.54) is 12.8 Å². The van der Waals surface area contributed by atoms with E-state index in [0.717, 1.165) is 12.8 Å². The summed E-state index contributed by atoms with van der Waals surface area (Å²) in [6.07, 6.45) is 4.27. The molecule has 21 heavy (non-hydrogen) atoms. The highest BCUT2D eigenvalue weighted by molar-refractivity contribution is 6.34. The topological polar surface area (TPSA) is 29.5 Å². The van der Waals surface area contributed by atoms with Crippen LogP contribution < -0.4 is 0 Å². The molecule has 1 aromatic carbocycles. The van der Waals surface area contributed by atoms with Crippen LogP contribution in [0, 0.1) is 0 Å². The van der Waals surface area contributed by atoms with Gasteiger partial charge in [-0.2, -0.15) is 0 Å². The fraction of sp³-hybridized carbons (Fsp3) is 0.471. The number of esters is 1. The van der Waals surface area contributed by atoms with E-state index in [9.17, 15) is 4.79 Å². The summed E-state index contributed by atoms with van der Waals surface area (Å²) in [5.74, 6) is -0.350. The van der Waals surface area contributed by atoms with Crippen LogP contribution in [0.4, 0.5) is 0 Å². The predicted octanol–water partition coefficient (Wildman–Crippen LogP) is 3.52. The van der Waals surface area contributed by atoms with E-state index in [1.807, 2.05) is 12.1 Å². The molecule has 0 saturated carbocycles. The maximum absolute atomic E-state index is 12.3. The molecule has 0 aromatic heterocycles. The van der Waals surface area contributed by atoms with E-state index in [1.54, 1.807) is 12.1 Å². The predicted molar refractivity (Wildman–Crippen MR) is 84.2 cm³/mol. The Kier molecular flexibility index (Phi) is 4.05. The van der Waals surface area contributed by atoms with E-state index in [0.29, 0.717) is 28.2 Å². The van der Waals surface area contributed by atoms with Crippen LogP contribution >= 0.6 is 11.6 Å². The minimum atomic E-state index is -0.350. The summed E-state index contributed by atoms with van der Waals surface area (Å²) < 4.78 is 5.67. The summed E-state index contributed by atoms with van der Waals surface area (Å²) in [5.41, 5.74) is 0.993. The normalized spacial score (nSPS) is 28.4. The van der Waals surface area contributed by atoms with Gasteiger partial charge in [0.2, 0.25) is 0 Å². The highest BCUT2D eigenvalue weighted by atomic mass is 35.5. The Balaban J connectivity index is 1.65. The number of rotatable bonds is 3. The fourth-order valence-electron chi connectivity index (χ4n) is 3.50. The van der Waals surface area contributed by atoms with Crippen LogP contribution in [-0.4, -0.2) is 36.1 Å². The van der Waals surface area contributed by atoms with Crippen molar-refractivity contribution < 1.29 is 9.53 Å². The molecule has 0 radical (unpaired) electrons. The third kappa shape index (κ3) is 2.85.